The lowest BCUT2D eigenvalue weighted by Crippen LogP contribution is -2.25. The zero-order valence-electron chi connectivity index (χ0n) is 22.1. The number of aromatic nitrogens is 2. The van der Waals surface area contributed by atoms with Gasteiger partial charge in [-0.3, -0.25) is 19.7 Å². The topological polar surface area (TPSA) is 129 Å². The molecule has 1 aliphatic rings. The van der Waals surface area contributed by atoms with E-state index in [2.05, 4.69) is 10.4 Å². The van der Waals surface area contributed by atoms with Crippen molar-refractivity contribution in [3.63, 3.8) is 0 Å². The molecule has 10 nitrogen and oxygen atoms in total. The average Bonchev–Trinajstić information content (AvgIpc) is 2.97. The highest BCUT2D eigenvalue weighted by Gasteiger charge is 2.23. The van der Waals surface area contributed by atoms with Gasteiger partial charge in [-0.2, -0.15) is 9.78 Å². The number of aryl methyl sites for hydroxylation is 1. The summed E-state index contributed by atoms with van der Waals surface area (Å²) in [6, 6.07) is 18.8. The summed E-state index contributed by atoms with van der Waals surface area (Å²) in [5.74, 6) is 0.232. The monoisotopic (exact) mass is 539 g/mol. The molecule has 204 valence electrons. The lowest BCUT2D eigenvalue weighted by Gasteiger charge is -2.22. The molecule has 0 spiro atoms. The van der Waals surface area contributed by atoms with E-state index in [0.717, 1.165) is 37.7 Å². The number of nitrogens with one attached hydrogen (secondary N) is 1. The van der Waals surface area contributed by atoms with E-state index in [1.807, 2.05) is 31.2 Å². The van der Waals surface area contributed by atoms with Crippen molar-refractivity contribution >= 4 is 34.4 Å². The van der Waals surface area contributed by atoms with E-state index < -0.39 is 17.4 Å². The third-order valence-corrected chi connectivity index (χ3v) is 7.03. The fraction of sp³-hybridized carbons (Fsp3) is 0.267. The first kappa shape index (κ1) is 26.7. The van der Waals surface area contributed by atoms with Crippen LogP contribution < -0.4 is 15.6 Å². The maximum Gasteiger partial charge on any atom is 0.311 e. The van der Waals surface area contributed by atoms with Crippen LogP contribution in [0.3, 0.4) is 0 Å². The molecule has 0 bridgehead atoms. The zero-order chi connectivity index (χ0) is 28.1. The largest absolute Gasteiger partial charge is 0.477 e. The summed E-state index contributed by atoms with van der Waals surface area (Å²) in [6.45, 7) is 1.47. The number of carbonyl (C=O) groups excluding carboxylic acids is 1. The summed E-state index contributed by atoms with van der Waals surface area (Å²) >= 11 is 0. The first-order valence-corrected chi connectivity index (χ1v) is 13.2. The van der Waals surface area contributed by atoms with Crippen molar-refractivity contribution < 1.29 is 14.5 Å². The smallest absolute Gasteiger partial charge is 0.311 e. The third-order valence-electron chi connectivity index (χ3n) is 7.03. The predicted octanol–water partition coefficient (Wildman–Crippen LogP) is 5.56. The molecule has 40 heavy (non-hydrogen) atoms. The van der Waals surface area contributed by atoms with Crippen molar-refractivity contribution in [2.75, 3.05) is 11.9 Å². The van der Waals surface area contributed by atoms with Gasteiger partial charge in [0.25, 0.3) is 11.5 Å². The SMILES string of the molecule is Cc1ccccc1NC(=O)COc1ccc(C=Nn2c(C3CCCCC3)nc3ccccc3c2=O)cc1[N+](=O)[O-]. The Hall–Kier alpha value is -4.86. The molecule has 0 unspecified atom stereocenters. The lowest BCUT2D eigenvalue weighted by molar-refractivity contribution is -0.385. The summed E-state index contributed by atoms with van der Waals surface area (Å²) < 4.78 is 6.82. The van der Waals surface area contributed by atoms with Crippen molar-refractivity contribution in [1.82, 2.24) is 9.66 Å². The van der Waals surface area contributed by atoms with Gasteiger partial charge in [0.1, 0.15) is 5.82 Å². The Bertz CT molecular complexity index is 1660. The Kier molecular flexibility index (Phi) is 7.95. The Morgan fingerprint density at radius 3 is 2.65 bits per heavy atom. The van der Waals surface area contributed by atoms with Crippen molar-refractivity contribution in [2.24, 2.45) is 5.10 Å². The maximum absolute atomic E-state index is 13.4. The van der Waals surface area contributed by atoms with Gasteiger partial charge >= 0.3 is 5.69 Å². The number of amides is 1. The van der Waals surface area contributed by atoms with E-state index in [-0.39, 0.29) is 22.9 Å². The van der Waals surface area contributed by atoms with Gasteiger partial charge in [-0.15, -0.1) is 0 Å². The minimum Gasteiger partial charge on any atom is -0.477 e. The molecule has 0 radical (unpaired) electrons. The fourth-order valence-electron chi connectivity index (χ4n) is 4.92. The highest BCUT2D eigenvalue weighted by Crippen LogP contribution is 2.32. The number of fused-ring (bicyclic) bond motifs is 1. The van der Waals surface area contributed by atoms with Crippen LogP contribution in [-0.4, -0.2) is 33.3 Å². The van der Waals surface area contributed by atoms with Gasteiger partial charge in [0.05, 0.1) is 22.0 Å². The maximum atomic E-state index is 13.4. The van der Waals surface area contributed by atoms with E-state index >= 15 is 0 Å². The number of hydrogen-bond acceptors (Lipinski definition) is 7. The first-order valence-electron chi connectivity index (χ1n) is 13.2. The molecule has 1 N–H and O–H groups in total. The number of rotatable bonds is 8. The molecule has 0 aliphatic heterocycles. The van der Waals surface area contributed by atoms with Gasteiger partial charge in [0.2, 0.25) is 0 Å². The molecule has 1 heterocycles. The van der Waals surface area contributed by atoms with Crippen LogP contribution in [0, 0.1) is 17.0 Å². The number of carbonyl (C=O) groups is 1. The summed E-state index contributed by atoms with van der Waals surface area (Å²) in [6.07, 6.45) is 6.54. The standard InChI is InChI=1S/C30H29N5O5/c1-20-9-5-7-13-24(20)32-28(36)19-40-27-16-15-21(17-26(27)35(38)39)18-31-34-29(22-10-3-2-4-11-22)33-25-14-8-6-12-23(25)30(34)37/h5-9,12-18,22H,2-4,10-11,19H2,1H3,(H,32,36). The average molecular weight is 540 g/mol. The van der Waals surface area contributed by atoms with Crippen LogP contribution in [0.15, 0.2) is 76.6 Å². The Balaban J connectivity index is 1.40. The normalized spacial score (nSPS) is 13.9. The molecule has 0 saturated heterocycles. The summed E-state index contributed by atoms with van der Waals surface area (Å²) in [4.78, 5) is 41.8. The van der Waals surface area contributed by atoms with Gasteiger partial charge in [-0.1, -0.05) is 49.6 Å². The van der Waals surface area contributed by atoms with Crippen LogP contribution in [0.2, 0.25) is 0 Å². The summed E-state index contributed by atoms with van der Waals surface area (Å²) in [5.41, 5.74) is 1.96. The van der Waals surface area contributed by atoms with E-state index in [1.165, 1.54) is 23.0 Å². The van der Waals surface area contributed by atoms with E-state index in [4.69, 9.17) is 9.72 Å². The first-order chi connectivity index (χ1) is 19.4. The quantitative estimate of drug-likeness (QED) is 0.177. The van der Waals surface area contributed by atoms with Crippen LogP contribution in [-0.2, 0) is 4.79 Å². The van der Waals surface area contributed by atoms with Gasteiger partial charge in [-0.05, 0) is 55.7 Å². The lowest BCUT2D eigenvalue weighted by atomic mass is 9.88. The van der Waals surface area contributed by atoms with E-state index in [9.17, 15) is 19.7 Å². The Morgan fingerprint density at radius 2 is 1.88 bits per heavy atom. The predicted molar refractivity (Wildman–Crippen MR) is 153 cm³/mol. The number of hydrogen-bond donors (Lipinski definition) is 1. The molecule has 1 aliphatic carbocycles. The molecule has 1 fully saturated rings. The van der Waals surface area contributed by atoms with Crippen LogP contribution in [0.25, 0.3) is 10.9 Å². The van der Waals surface area contributed by atoms with Crippen molar-refractivity contribution in [3.05, 3.63) is 104 Å². The second-order valence-electron chi connectivity index (χ2n) is 9.82. The minimum atomic E-state index is -0.580. The molecular formula is C30H29N5O5. The number of para-hydroxylation sites is 2. The van der Waals surface area contributed by atoms with Crippen molar-refractivity contribution in [2.45, 2.75) is 44.9 Å². The van der Waals surface area contributed by atoms with Crippen molar-refractivity contribution in [3.8, 4) is 5.75 Å². The molecule has 0 atom stereocenters. The second kappa shape index (κ2) is 11.9. The molecular weight excluding hydrogens is 510 g/mol. The highest BCUT2D eigenvalue weighted by atomic mass is 16.6. The second-order valence-corrected chi connectivity index (χ2v) is 9.82. The Labute approximate surface area is 230 Å². The minimum absolute atomic E-state index is 0.0467. The van der Waals surface area contributed by atoms with Gasteiger partial charge in [0, 0.05) is 23.2 Å². The fourth-order valence-corrected chi connectivity index (χ4v) is 4.92. The number of nitrogens with zero attached hydrogens (tertiary/aromatic N) is 4. The Morgan fingerprint density at radius 1 is 1.12 bits per heavy atom. The van der Waals surface area contributed by atoms with Crippen LogP contribution in [0.1, 0.15) is 55.0 Å². The number of benzene rings is 3. The summed E-state index contributed by atoms with van der Waals surface area (Å²) in [5, 5.41) is 19.4. The summed E-state index contributed by atoms with van der Waals surface area (Å²) in [7, 11) is 0. The molecule has 5 rings (SSSR count). The number of nitro benzene ring substituents is 1. The van der Waals surface area contributed by atoms with Crippen LogP contribution in [0.5, 0.6) is 5.75 Å². The molecule has 1 amide bonds. The molecule has 3 aromatic carbocycles. The number of nitro groups is 1. The molecule has 4 aromatic rings. The van der Waals surface area contributed by atoms with Crippen molar-refractivity contribution in [1.29, 1.82) is 0 Å². The zero-order valence-corrected chi connectivity index (χ0v) is 22.1. The van der Waals surface area contributed by atoms with E-state index in [1.54, 1.807) is 30.3 Å². The molecule has 1 aromatic heterocycles. The number of anilines is 1. The van der Waals surface area contributed by atoms with Gasteiger partial charge < -0.3 is 10.1 Å². The van der Waals surface area contributed by atoms with E-state index in [0.29, 0.717) is 28.0 Å². The van der Waals surface area contributed by atoms with Gasteiger partial charge in [0.15, 0.2) is 12.4 Å². The van der Waals surface area contributed by atoms with Crippen LogP contribution >= 0.6 is 0 Å². The number of ether oxygens (including phenoxy) is 1. The molecule has 10 heteroatoms. The third kappa shape index (κ3) is 5.90. The highest BCUT2D eigenvalue weighted by molar-refractivity contribution is 5.92. The van der Waals surface area contributed by atoms with Crippen LogP contribution in [0.4, 0.5) is 11.4 Å². The van der Waals surface area contributed by atoms with Gasteiger partial charge in [-0.25, -0.2) is 4.98 Å². The molecule has 1 saturated carbocycles.